The van der Waals surface area contributed by atoms with E-state index in [0.29, 0.717) is 6.54 Å². The molecule has 0 radical (unpaired) electrons. The second-order valence-corrected chi connectivity index (χ2v) is 5.11. The van der Waals surface area contributed by atoms with Crippen LogP contribution in [-0.4, -0.2) is 42.9 Å². The predicted molar refractivity (Wildman–Crippen MR) is 70.9 cm³/mol. The molecular formula is C12H17N7O. The van der Waals surface area contributed by atoms with Gasteiger partial charge < -0.3 is 4.90 Å². The van der Waals surface area contributed by atoms with Gasteiger partial charge in [0.1, 0.15) is 0 Å². The summed E-state index contributed by atoms with van der Waals surface area (Å²) in [5, 5.41) is 15.7. The quantitative estimate of drug-likeness (QED) is 0.772. The standard InChI is InChI=1S/C12H17N7O/c1-17-8-10(7-13-17)18(2)12(20)9-3-4-11-14-15-16-19(11)6-5-9/h7-9H,3-6H2,1-2H3. The van der Waals surface area contributed by atoms with E-state index in [2.05, 4.69) is 20.6 Å². The second-order valence-electron chi connectivity index (χ2n) is 5.11. The largest absolute Gasteiger partial charge is 0.312 e. The number of tetrazole rings is 1. The number of hydrogen-bond donors (Lipinski definition) is 0. The molecule has 0 aliphatic carbocycles. The van der Waals surface area contributed by atoms with Crippen LogP contribution < -0.4 is 4.90 Å². The van der Waals surface area contributed by atoms with Crippen LogP contribution in [0.25, 0.3) is 0 Å². The van der Waals surface area contributed by atoms with Crippen molar-refractivity contribution < 1.29 is 4.79 Å². The zero-order valence-electron chi connectivity index (χ0n) is 11.6. The molecule has 0 saturated carbocycles. The molecule has 0 N–H and O–H groups in total. The maximum atomic E-state index is 12.6. The minimum Gasteiger partial charge on any atom is -0.312 e. The molecule has 1 amide bonds. The van der Waals surface area contributed by atoms with Gasteiger partial charge in [0.15, 0.2) is 5.82 Å². The maximum Gasteiger partial charge on any atom is 0.230 e. The summed E-state index contributed by atoms with van der Waals surface area (Å²) in [7, 11) is 3.63. The molecule has 8 nitrogen and oxygen atoms in total. The number of rotatable bonds is 2. The fourth-order valence-electron chi connectivity index (χ4n) is 2.53. The highest BCUT2D eigenvalue weighted by molar-refractivity contribution is 5.94. The minimum atomic E-state index is -0.0105. The van der Waals surface area contributed by atoms with Crippen molar-refractivity contribution in [3.63, 3.8) is 0 Å². The Morgan fingerprint density at radius 1 is 1.45 bits per heavy atom. The van der Waals surface area contributed by atoms with E-state index in [9.17, 15) is 4.79 Å². The number of anilines is 1. The number of aromatic nitrogens is 6. The first-order valence-corrected chi connectivity index (χ1v) is 6.66. The first-order valence-electron chi connectivity index (χ1n) is 6.66. The molecule has 106 valence electrons. The number of nitrogens with zero attached hydrogens (tertiary/aromatic N) is 7. The Balaban J connectivity index is 1.70. The smallest absolute Gasteiger partial charge is 0.230 e. The summed E-state index contributed by atoms with van der Waals surface area (Å²) in [6, 6.07) is 0. The minimum absolute atomic E-state index is 0.0105. The molecule has 0 aromatic carbocycles. The van der Waals surface area contributed by atoms with Gasteiger partial charge in [-0.05, 0) is 23.3 Å². The molecule has 3 heterocycles. The van der Waals surface area contributed by atoms with Crippen molar-refractivity contribution in [1.29, 1.82) is 0 Å². The van der Waals surface area contributed by atoms with Crippen LogP contribution in [0.1, 0.15) is 18.7 Å². The van der Waals surface area contributed by atoms with Crippen LogP contribution in [0.2, 0.25) is 0 Å². The Kier molecular flexibility index (Phi) is 3.21. The summed E-state index contributed by atoms with van der Waals surface area (Å²) >= 11 is 0. The maximum absolute atomic E-state index is 12.6. The third-order valence-electron chi connectivity index (χ3n) is 3.77. The Labute approximate surface area is 116 Å². The Morgan fingerprint density at radius 3 is 3.05 bits per heavy atom. The summed E-state index contributed by atoms with van der Waals surface area (Å²) < 4.78 is 3.48. The normalized spacial score (nSPS) is 18.4. The van der Waals surface area contributed by atoms with Crippen LogP contribution in [0.4, 0.5) is 5.69 Å². The Hall–Kier alpha value is -2.25. The lowest BCUT2D eigenvalue weighted by molar-refractivity contribution is -0.122. The molecule has 0 saturated heterocycles. The van der Waals surface area contributed by atoms with Crippen LogP contribution in [0.3, 0.4) is 0 Å². The van der Waals surface area contributed by atoms with Gasteiger partial charge in [-0.1, -0.05) is 0 Å². The molecule has 1 aliphatic rings. The van der Waals surface area contributed by atoms with E-state index in [1.54, 1.807) is 27.5 Å². The van der Waals surface area contributed by atoms with Gasteiger partial charge >= 0.3 is 0 Å². The fraction of sp³-hybridized carbons (Fsp3) is 0.583. The number of carbonyl (C=O) groups is 1. The molecule has 2 aromatic rings. The van der Waals surface area contributed by atoms with Gasteiger partial charge in [0.05, 0.1) is 11.9 Å². The molecule has 20 heavy (non-hydrogen) atoms. The topological polar surface area (TPSA) is 81.7 Å². The van der Waals surface area contributed by atoms with E-state index in [1.165, 1.54) is 0 Å². The SMILES string of the molecule is CN(C(=O)C1CCc2nnnn2CC1)c1cnn(C)c1. The van der Waals surface area contributed by atoms with Crippen molar-refractivity contribution >= 4 is 11.6 Å². The number of fused-ring (bicyclic) bond motifs is 1. The first kappa shape index (κ1) is 12.8. The molecule has 1 aliphatic heterocycles. The van der Waals surface area contributed by atoms with Crippen molar-refractivity contribution in [2.75, 3.05) is 11.9 Å². The Bertz CT molecular complexity index is 594. The average molecular weight is 275 g/mol. The van der Waals surface area contributed by atoms with E-state index in [-0.39, 0.29) is 11.8 Å². The lowest BCUT2D eigenvalue weighted by atomic mass is 9.99. The van der Waals surface area contributed by atoms with Gasteiger partial charge in [0.25, 0.3) is 0 Å². The molecule has 2 aromatic heterocycles. The van der Waals surface area contributed by atoms with Crippen molar-refractivity contribution in [3.8, 4) is 0 Å². The number of hydrogen-bond acceptors (Lipinski definition) is 5. The highest BCUT2D eigenvalue weighted by Gasteiger charge is 2.27. The van der Waals surface area contributed by atoms with Crippen LogP contribution in [0.5, 0.6) is 0 Å². The summed E-state index contributed by atoms with van der Waals surface area (Å²) in [5.74, 6) is 0.977. The lowest BCUT2D eigenvalue weighted by Crippen LogP contribution is -2.33. The molecule has 1 unspecified atom stereocenters. The van der Waals surface area contributed by atoms with Gasteiger partial charge in [0.2, 0.25) is 5.91 Å². The zero-order chi connectivity index (χ0) is 14.1. The van der Waals surface area contributed by atoms with Gasteiger partial charge in [-0.15, -0.1) is 5.10 Å². The molecule has 8 heteroatoms. The monoisotopic (exact) mass is 275 g/mol. The van der Waals surface area contributed by atoms with Crippen LogP contribution in [0, 0.1) is 5.92 Å². The number of carbonyl (C=O) groups excluding carboxylic acids is 1. The summed E-state index contributed by atoms with van der Waals surface area (Å²) in [5.41, 5.74) is 0.819. The van der Waals surface area contributed by atoms with E-state index in [1.807, 2.05) is 13.2 Å². The Morgan fingerprint density at radius 2 is 2.30 bits per heavy atom. The van der Waals surface area contributed by atoms with Crippen LogP contribution in [-0.2, 0) is 24.8 Å². The van der Waals surface area contributed by atoms with E-state index >= 15 is 0 Å². The molecule has 1 atom stereocenters. The van der Waals surface area contributed by atoms with Crippen molar-refractivity contribution in [2.45, 2.75) is 25.8 Å². The van der Waals surface area contributed by atoms with E-state index < -0.39 is 0 Å². The lowest BCUT2D eigenvalue weighted by Gasteiger charge is -2.21. The predicted octanol–water partition coefficient (Wildman–Crippen LogP) is 0.0221. The fourth-order valence-corrected chi connectivity index (χ4v) is 2.53. The van der Waals surface area contributed by atoms with Crippen molar-refractivity contribution in [3.05, 3.63) is 18.2 Å². The molecule has 3 rings (SSSR count). The summed E-state index contributed by atoms with van der Waals surface area (Å²) in [6.07, 6.45) is 5.83. The third-order valence-corrected chi connectivity index (χ3v) is 3.77. The molecule has 0 bridgehead atoms. The van der Waals surface area contributed by atoms with Gasteiger partial charge in [-0.25, -0.2) is 4.68 Å². The van der Waals surface area contributed by atoms with Crippen LogP contribution in [0.15, 0.2) is 12.4 Å². The van der Waals surface area contributed by atoms with Gasteiger partial charge in [-0.3, -0.25) is 9.48 Å². The number of amides is 1. The van der Waals surface area contributed by atoms with E-state index in [0.717, 1.165) is 30.8 Å². The highest BCUT2D eigenvalue weighted by atomic mass is 16.2. The third kappa shape index (κ3) is 2.28. The number of aryl methyl sites for hydroxylation is 3. The second kappa shape index (κ2) is 5.03. The zero-order valence-corrected chi connectivity index (χ0v) is 11.6. The summed E-state index contributed by atoms with van der Waals surface area (Å²) in [6.45, 7) is 0.694. The first-order chi connectivity index (χ1) is 9.65. The molecule has 0 spiro atoms. The van der Waals surface area contributed by atoms with Crippen molar-refractivity contribution in [2.24, 2.45) is 13.0 Å². The van der Waals surface area contributed by atoms with Crippen LogP contribution >= 0.6 is 0 Å². The molecular weight excluding hydrogens is 258 g/mol. The molecule has 0 fully saturated rings. The average Bonchev–Trinajstić information content (AvgIpc) is 3.02. The summed E-state index contributed by atoms with van der Waals surface area (Å²) in [4.78, 5) is 14.2. The van der Waals surface area contributed by atoms with Gasteiger partial charge in [-0.2, -0.15) is 5.10 Å². The van der Waals surface area contributed by atoms with Gasteiger partial charge in [0, 0.05) is 39.2 Å². The van der Waals surface area contributed by atoms with Crippen molar-refractivity contribution in [1.82, 2.24) is 30.0 Å². The van der Waals surface area contributed by atoms with E-state index in [4.69, 9.17) is 0 Å². The highest BCUT2D eigenvalue weighted by Crippen LogP contribution is 2.22.